The number of carboxylic acid groups (broad SMARTS) is 1. The minimum Gasteiger partial charge on any atom is -0.465 e. The van der Waals surface area contributed by atoms with Crippen LogP contribution in [0.2, 0.25) is 0 Å². The lowest BCUT2D eigenvalue weighted by molar-refractivity contribution is -0.122. The SMILES string of the molecule is CC(=O)[C@@H]1CCCCC1N(c1ccccc1NC(=O)O)C1C[C@H]2CCC[C@@H](C1)N2C1C[C@H]2CCC[C@@H](C1)C2. The molecule has 6 rings (SSSR count). The fourth-order valence-corrected chi connectivity index (χ4v) is 9.64. The number of hydrogen-bond acceptors (Lipinski definition) is 4. The van der Waals surface area contributed by atoms with E-state index in [-0.39, 0.29) is 17.7 Å². The molecule has 2 N–H and O–H groups in total. The number of rotatable bonds is 6. The third-order valence-corrected chi connectivity index (χ3v) is 11.0. The zero-order chi connectivity index (χ0) is 26.2. The van der Waals surface area contributed by atoms with Gasteiger partial charge in [-0.1, -0.05) is 50.7 Å². The monoisotopic (exact) mass is 521 g/mol. The topological polar surface area (TPSA) is 72.9 Å². The lowest BCUT2D eigenvalue weighted by atomic mass is 9.68. The van der Waals surface area contributed by atoms with Crippen LogP contribution in [0.4, 0.5) is 16.2 Å². The molecule has 6 heteroatoms. The molecule has 4 bridgehead atoms. The Labute approximate surface area is 228 Å². The second-order valence-electron chi connectivity index (χ2n) is 13.3. The Morgan fingerprint density at radius 1 is 0.816 bits per heavy atom. The Bertz CT molecular complexity index is 987. The number of benzene rings is 1. The number of piperidine rings is 2. The van der Waals surface area contributed by atoms with Gasteiger partial charge in [0.25, 0.3) is 0 Å². The van der Waals surface area contributed by atoms with Crippen molar-refractivity contribution in [2.75, 3.05) is 10.2 Å². The summed E-state index contributed by atoms with van der Waals surface area (Å²) in [6.07, 6.45) is 17.9. The second-order valence-corrected chi connectivity index (χ2v) is 13.3. The number of anilines is 2. The number of carbonyl (C=O) groups is 2. The van der Waals surface area contributed by atoms with Gasteiger partial charge in [0.05, 0.1) is 11.4 Å². The summed E-state index contributed by atoms with van der Waals surface area (Å²) in [5.74, 6) is 2.19. The van der Waals surface area contributed by atoms with E-state index in [0.29, 0.717) is 23.8 Å². The molecular formula is C32H47N3O3. The normalized spacial score (nSPS) is 37.3. The average Bonchev–Trinajstić information content (AvgIpc) is 2.89. The van der Waals surface area contributed by atoms with Gasteiger partial charge in [0.2, 0.25) is 0 Å². The third kappa shape index (κ3) is 5.22. The van der Waals surface area contributed by atoms with Gasteiger partial charge >= 0.3 is 6.09 Å². The fraction of sp³-hybridized carbons (Fsp3) is 0.750. The summed E-state index contributed by atoms with van der Waals surface area (Å²) in [6, 6.07) is 10.4. The number of Topliss-reactive ketones (excluding diaryl/α,β-unsaturated/α-hetero) is 1. The van der Waals surface area contributed by atoms with Crippen molar-refractivity contribution in [1.82, 2.24) is 4.90 Å². The highest BCUT2D eigenvalue weighted by Crippen LogP contribution is 2.48. The summed E-state index contributed by atoms with van der Waals surface area (Å²) in [5.41, 5.74) is 1.62. The van der Waals surface area contributed by atoms with Gasteiger partial charge in [-0.15, -0.1) is 0 Å². The zero-order valence-corrected chi connectivity index (χ0v) is 23.2. The molecule has 3 unspecified atom stereocenters. The maximum Gasteiger partial charge on any atom is 0.409 e. The molecule has 8 atom stereocenters. The molecule has 2 saturated heterocycles. The lowest BCUT2D eigenvalue weighted by Gasteiger charge is -2.58. The second kappa shape index (κ2) is 11.2. The molecule has 2 heterocycles. The Balaban J connectivity index is 1.32. The van der Waals surface area contributed by atoms with Crippen LogP contribution in [0.25, 0.3) is 0 Å². The number of carbonyl (C=O) groups excluding carboxylic acids is 1. The number of nitrogens with one attached hydrogen (secondary N) is 1. The van der Waals surface area contributed by atoms with Crippen molar-refractivity contribution in [3.8, 4) is 0 Å². The van der Waals surface area contributed by atoms with Crippen molar-refractivity contribution in [3.05, 3.63) is 24.3 Å². The van der Waals surface area contributed by atoms with Crippen LogP contribution in [-0.2, 0) is 4.79 Å². The number of nitrogens with zero attached hydrogens (tertiary/aromatic N) is 2. The van der Waals surface area contributed by atoms with Crippen LogP contribution in [0, 0.1) is 17.8 Å². The molecule has 38 heavy (non-hydrogen) atoms. The number of amides is 1. The molecule has 3 aliphatic carbocycles. The summed E-state index contributed by atoms with van der Waals surface area (Å²) in [4.78, 5) is 30.2. The molecule has 1 aromatic rings. The van der Waals surface area contributed by atoms with E-state index >= 15 is 0 Å². The predicted molar refractivity (Wildman–Crippen MR) is 152 cm³/mol. The Kier molecular flexibility index (Phi) is 7.70. The highest BCUT2D eigenvalue weighted by Gasteiger charge is 2.48. The van der Waals surface area contributed by atoms with Crippen LogP contribution < -0.4 is 10.2 Å². The quantitative estimate of drug-likeness (QED) is 0.418. The van der Waals surface area contributed by atoms with Gasteiger partial charge < -0.3 is 10.0 Å². The van der Waals surface area contributed by atoms with Crippen LogP contribution in [0.15, 0.2) is 24.3 Å². The van der Waals surface area contributed by atoms with Crippen LogP contribution >= 0.6 is 0 Å². The number of ketones is 1. The maximum atomic E-state index is 12.9. The molecule has 1 amide bonds. The van der Waals surface area contributed by atoms with Gasteiger partial charge in [0, 0.05) is 36.1 Å². The van der Waals surface area contributed by atoms with E-state index in [9.17, 15) is 14.7 Å². The zero-order valence-electron chi connectivity index (χ0n) is 23.2. The molecule has 5 aliphatic rings. The van der Waals surface area contributed by atoms with Crippen LogP contribution in [0.1, 0.15) is 103 Å². The summed E-state index contributed by atoms with van der Waals surface area (Å²) in [7, 11) is 0. The van der Waals surface area contributed by atoms with Gasteiger partial charge in [-0.05, 0) is 88.7 Å². The molecule has 2 aliphatic heterocycles. The molecule has 0 radical (unpaired) electrons. The van der Waals surface area contributed by atoms with Gasteiger partial charge in [-0.25, -0.2) is 4.79 Å². The summed E-state index contributed by atoms with van der Waals surface area (Å²) >= 11 is 0. The smallest absolute Gasteiger partial charge is 0.409 e. The molecule has 1 aromatic carbocycles. The van der Waals surface area contributed by atoms with Gasteiger partial charge in [-0.3, -0.25) is 15.0 Å². The molecule has 6 nitrogen and oxygen atoms in total. The molecule has 208 valence electrons. The van der Waals surface area contributed by atoms with E-state index in [1.807, 2.05) is 18.2 Å². The van der Waals surface area contributed by atoms with E-state index in [1.54, 1.807) is 6.92 Å². The first-order valence-electron chi connectivity index (χ1n) is 15.6. The average molecular weight is 522 g/mol. The van der Waals surface area contributed by atoms with Crippen molar-refractivity contribution in [1.29, 1.82) is 0 Å². The summed E-state index contributed by atoms with van der Waals surface area (Å²) in [6.45, 7) is 1.76. The lowest BCUT2D eigenvalue weighted by Crippen LogP contribution is -2.63. The predicted octanol–water partition coefficient (Wildman–Crippen LogP) is 7.09. The van der Waals surface area contributed by atoms with Crippen LogP contribution in [-0.4, -0.2) is 52.1 Å². The molecular weight excluding hydrogens is 474 g/mol. The van der Waals surface area contributed by atoms with Crippen molar-refractivity contribution >= 4 is 23.3 Å². The first-order chi connectivity index (χ1) is 18.5. The van der Waals surface area contributed by atoms with Gasteiger partial charge in [0.15, 0.2) is 0 Å². The minimum absolute atomic E-state index is 0.0252. The van der Waals surface area contributed by atoms with E-state index in [1.165, 1.54) is 57.8 Å². The largest absolute Gasteiger partial charge is 0.465 e. The van der Waals surface area contributed by atoms with Crippen LogP contribution in [0.3, 0.4) is 0 Å². The molecule has 5 fully saturated rings. The number of fused-ring (bicyclic) bond motifs is 4. The van der Waals surface area contributed by atoms with E-state index in [2.05, 4.69) is 21.2 Å². The van der Waals surface area contributed by atoms with Gasteiger partial charge in [0.1, 0.15) is 5.78 Å². The molecule has 0 aromatic heterocycles. The van der Waals surface area contributed by atoms with Gasteiger partial charge in [-0.2, -0.15) is 0 Å². The highest BCUT2D eigenvalue weighted by atomic mass is 16.4. The van der Waals surface area contributed by atoms with Crippen molar-refractivity contribution in [3.63, 3.8) is 0 Å². The summed E-state index contributed by atoms with van der Waals surface area (Å²) in [5, 5.41) is 12.3. The van der Waals surface area contributed by atoms with Crippen molar-refractivity contribution in [2.24, 2.45) is 17.8 Å². The van der Waals surface area contributed by atoms with E-state index < -0.39 is 6.09 Å². The summed E-state index contributed by atoms with van der Waals surface area (Å²) < 4.78 is 0. The number of hydrogen-bond donors (Lipinski definition) is 2. The third-order valence-electron chi connectivity index (χ3n) is 11.0. The van der Waals surface area contributed by atoms with E-state index in [4.69, 9.17) is 0 Å². The molecule has 0 spiro atoms. The van der Waals surface area contributed by atoms with Crippen LogP contribution in [0.5, 0.6) is 0 Å². The van der Waals surface area contributed by atoms with E-state index in [0.717, 1.165) is 62.1 Å². The van der Waals surface area contributed by atoms with Crippen molar-refractivity contribution in [2.45, 2.75) is 133 Å². The minimum atomic E-state index is -1.03. The maximum absolute atomic E-state index is 12.9. The first-order valence-corrected chi connectivity index (χ1v) is 15.6. The Morgan fingerprint density at radius 2 is 1.47 bits per heavy atom. The van der Waals surface area contributed by atoms with Crippen molar-refractivity contribution < 1.29 is 14.7 Å². The fourth-order valence-electron chi connectivity index (χ4n) is 9.64. The standard InChI is InChI=1S/C32H47N3O3/c1-21(36)28-12-2-4-14-30(28)35(31-15-5-3-13-29(31)33-32(37)38)27-19-24-10-7-11-25(20-27)34(24)26-17-22-8-6-9-23(16-22)18-26/h3,5,13,15,22-28,30,33H,2,4,6-12,14,16-20H2,1H3,(H,37,38)/t22-,23+,24-,25+,26?,27?,28-,30?/m0/s1. The molecule has 3 saturated carbocycles. The highest BCUT2D eigenvalue weighted by molar-refractivity contribution is 5.89. The Hall–Kier alpha value is -2.08. The number of para-hydroxylation sites is 2. The first kappa shape index (κ1) is 26.2. The Morgan fingerprint density at radius 3 is 2.16 bits per heavy atom.